The first kappa shape index (κ1) is 19.2. The second kappa shape index (κ2) is 9.42. The SMILES string of the molecule is CCN(CC)CCOc1ccc(CCN2CC(C(=O)O)CC2=O)cc1. The van der Waals surface area contributed by atoms with Crippen molar-refractivity contribution in [3.8, 4) is 5.75 Å². The molecular formula is C19H28N2O4. The number of aliphatic carboxylic acids is 1. The van der Waals surface area contributed by atoms with Gasteiger partial charge in [0.05, 0.1) is 5.92 Å². The van der Waals surface area contributed by atoms with Crippen molar-refractivity contribution in [2.24, 2.45) is 5.92 Å². The van der Waals surface area contributed by atoms with Crippen molar-refractivity contribution in [3.63, 3.8) is 0 Å². The maximum Gasteiger partial charge on any atom is 0.308 e. The van der Waals surface area contributed by atoms with Gasteiger partial charge in [-0.15, -0.1) is 0 Å². The Kier molecular flexibility index (Phi) is 7.25. The molecule has 1 aliphatic heterocycles. The molecule has 1 aliphatic rings. The standard InChI is InChI=1S/C19H28N2O4/c1-3-20(4-2)11-12-25-17-7-5-15(6-8-17)9-10-21-14-16(19(23)24)13-18(21)22/h5-8,16H,3-4,9-14H2,1-2H3,(H,23,24). The lowest BCUT2D eigenvalue weighted by Crippen LogP contribution is -2.28. The number of nitrogens with zero attached hydrogens (tertiary/aromatic N) is 2. The lowest BCUT2D eigenvalue weighted by Gasteiger charge is -2.18. The van der Waals surface area contributed by atoms with Gasteiger partial charge in [0.25, 0.3) is 0 Å². The zero-order valence-corrected chi connectivity index (χ0v) is 15.1. The van der Waals surface area contributed by atoms with Crippen molar-refractivity contribution >= 4 is 11.9 Å². The van der Waals surface area contributed by atoms with Gasteiger partial charge in [-0.3, -0.25) is 9.59 Å². The first-order valence-corrected chi connectivity index (χ1v) is 8.98. The van der Waals surface area contributed by atoms with E-state index in [9.17, 15) is 9.59 Å². The van der Waals surface area contributed by atoms with E-state index < -0.39 is 11.9 Å². The third-order valence-corrected chi connectivity index (χ3v) is 4.73. The summed E-state index contributed by atoms with van der Waals surface area (Å²) in [5, 5.41) is 9.01. The van der Waals surface area contributed by atoms with Crippen LogP contribution in [-0.2, 0) is 16.0 Å². The van der Waals surface area contributed by atoms with Crippen LogP contribution in [0.2, 0.25) is 0 Å². The summed E-state index contributed by atoms with van der Waals surface area (Å²) in [5.41, 5.74) is 1.11. The number of ether oxygens (including phenoxy) is 1. The van der Waals surface area contributed by atoms with Gasteiger partial charge in [0.15, 0.2) is 0 Å². The third kappa shape index (κ3) is 5.74. The lowest BCUT2D eigenvalue weighted by molar-refractivity contribution is -0.141. The summed E-state index contributed by atoms with van der Waals surface area (Å²) in [6.07, 6.45) is 0.840. The highest BCUT2D eigenvalue weighted by molar-refractivity contribution is 5.86. The van der Waals surface area contributed by atoms with Crippen molar-refractivity contribution in [2.75, 3.05) is 39.3 Å². The highest BCUT2D eigenvalue weighted by Crippen LogP contribution is 2.19. The molecule has 2 rings (SSSR count). The van der Waals surface area contributed by atoms with E-state index in [0.717, 1.165) is 37.4 Å². The zero-order chi connectivity index (χ0) is 18.2. The number of hydrogen-bond donors (Lipinski definition) is 1. The van der Waals surface area contributed by atoms with Crippen molar-refractivity contribution < 1.29 is 19.4 Å². The van der Waals surface area contributed by atoms with Gasteiger partial charge in [-0.2, -0.15) is 0 Å². The average molecular weight is 348 g/mol. The monoisotopic (exact) mass is 348 g/mol. The predicted octanol–water partition coefficient (Wildman–Crippen LogP) is 1.88. The third-order valence-electron chi connectivity index (χ3n) is 4.73. The number of likely N-dealkylation sites (N-methyl/N-ethyl adjacent to an activating group) is 1. The number of likely N-dealkylation sites (tertiary alicyclic amines) is 1. The Morgan fingerprint density at radius 1 is 1.28 bits per heavy atom. The van der Waals surface area contributed by atoms with Crippen LogP contribution in [0.5, 0.6) is 5.75 Å². The predicted molar refractivity (Wildman–Crippen MR) is 95.8 cm³/mol. The maximum atomic E-state index is 11.8. The summed E-state index contributed by atoms with van der Waals surface area (Å²) in [5.74, 6) is -0.668. The van der Waals surface area contributed by atoms with E-state index in [1.165, 1.54) is 0 Å². The van der Waals surface area contributed by atoms with E-state index in [0.29, 0.717) is 19.7 Å². The maximum absolute atomic E-state index is 11.8. The summed E-state index contributed by atoms with van der Waals surface area (Å²) in [4.78, 5) is 26.8. The highest BCUT2D eigenvalue weighted by atomic mass is 16.5. The number of carbonyl (C=O) groups is 2. The molecule has 6 nitrogen and oxygen atoms in total. The summed E-state index contributed by atoms with van der Waals surface area (Å²) in [6, 6.07) is 7.90. The lowest BCUT2D eigenvalue weighted by atomic mass is 10.1. The van der Waals surface area contributed by atoms with Gasteiger partial charge in [0.2, 0.25) is 5.91 Å². The van der Waals surface area contributed by atoms with Gasteiger partial charge in [-0.25, -0.2) is 0 Å². The van der Waals surface area contributed by atoms with E-state index in [-0.39, 0.29) is 12.3 Å². The van der Waals surface area contributed by atoms with Gasteiger partial charge >= 0.3 is 5.97 Å². The molecule has 1 atom stereocenters. The van der Waals surface area contributed by atoms with Gasteiger partial charge in [-0.05, 0) is 37.2 Å². The molecule has 1 N–H and O–H groups in total. The Hall–Kier alpha value is -2.08. The van der Waals surface area contributed by atoms with Crippen LogP contribution in [0.3, 0.4) is 0 Å². The first-order chi connectivity index (χ1) is 12.0. The molecule has 0 aliphatic carbocycles. The summed E-state index contributed by atoms with van der Waals surface area (Å²) < 4.78 is 5.76. The molecule has 0 saturated carbocycles. The average Bonchev–Trinajstić information content (AvgIpc) is 2.99. The minimum Gasteiger partial charge on any atom is -0.492 e. The van der Waals surface area contributed by atoms with Gasteiger partial charge < -0.3 is 19.6 Å². The topological polar surface area (TPSA) is 70.1 Å². The molecule has 0 aromatic heterocycles. The normalized spacial score (nSPS) is 17.3. The molecule has 25 heavy (non-hydrogen) atoms. The molecule has 0 spiro atoms. The van der Waals surface area contributed by atoms with E-state index in [2.05, 4.69) is 18.7 Å². The fourth-order valence-corrected chi connectivity index (χ4v) is 3.00. The second-order valence-electron chi connectivity index (χ2n) is 6.35. The molecule has 1 aromatic carbocycles. The molecule has 1 amide bonds. The van der Waals surface area contributed by atoms with E-state index >= 15 is 0 Å². The van der Waals surface area contributed by atoms with Crippen molar-refractivity contribution in [3.05, 3.63) is 29.8 Å². The van der Waals surface area contributed by atoms with E-state index in [1.807, 2.05) is 24.3 Å². The molecule has 1 fully saturated rings. The van der Waals surface area contributed by atoms with E-state index in [4.69, 9.17) is 9.84 Å². The van der Waals surface area contributed by atoms with Crippen LogP contribution < -0.4 is 4.74 Å². The number of amides is 1. The molecule has 1 saturated heterocycles. The van der Waals surface area contributed by atoms with Crippen molar-refractivity contribution in [2.45, 2.75) is 26.7 Å². The van der Waals surface area contributed by atoms with Gasteiger partial charge in [0, 0.05) is 26.1 Å². The molecule has 1 unspecified atom stereocenters. The Balaban J connectivity index is 1.75. The van der Waals surface area contributed by atoms with Crippen LogP contribution in [-0.4, -0.2) is 66.1 Å². The number of carbonyl (C=O) groups excluding carboxylic acids is 1. The van der Waals surface area contributed by atoms with Crippen LogP contribution in [0.25, 0.3) is 0 Å². The molecule has 0 radical (unpaired) electrons. The first-order valence-electron chi connectivity index (χ1n) is 8.98. The quantitative estimate of drug-likeness (QED) is 0.699. The number of carboxylic acid groups (broad SMARTS) is 1. The molecule has 1 aromatic rings. The van der Waals surface area contributed by atoms with Crippen LogP contribution >= 0.6 is 0 Å². The van der Waals surface area contributed by atoms with Crippen LogP contribution in [0, 0.1) is 5.92 Å². The van der Waals surface area contributed by atoms with Crippen molar-refractivity contribution in [1.29, 1.82) is 0 Å². The van der Waals surface area contributed by atoms with Crippen LogP contribution in [0.15, 0.2) is 24.3 Å². The fraction of sp³-hybridized carbons (Fsp3) is 0.579. The minimum atomic E-state index is -0.887. The summed E-state index contributed by atoms with van der Waals surface area (Å²) in [7, 11) is 0. The molecule has 1 heterocycles. The Morgan fingerprint density at radius 3 is 2.52 bits per heavy atom. The summed E-state index contributed by atoms with van der Waals surface area (Å²) >= 11 is 0. The smallest absolute Gasteiger partial charge is 0.308 e. The molecular weight excluding hydrogens is 320 g/mol. The fourth-order valence-electron chi connectivity index (χ4n) is 3.00. The van der Waals surface area contributed by atoms with Crippen molar-refractivity contribution in [1.82, 2.24) is 9.80 Å². The minimum absolute atomic E-state index is 0.0660. The van der Waals surface area contributed by atoms with Gasteiger partial charge in [0.1, 0.15) is 12.4 Å². The Bertz CT molecular complexity index is 569. The number of rotatable bonds is 10. The zero-order valence-electron chi connectivity index (χ0n) is 15.1. The molecule has 0 bridgehead atoms. The Labute approximate surface area is 149 Å². The van der Waals surface area contributed by atoms with E-state index in [1.54, 1.807) is 4.90 Å². The van der Waals surface area contributed by atoms with Crippen LogP contribution in [0.1, 0.15) is 25.8 Å². The second-order valence-corrected chi connectivity index (χ2v) is 6.35. The number of carboxylic acids is 1. The largest absolute Gasteiger partial charge is 0.492 e. The van der Waals surface area contributed by atoms with Gasteiger partial charge in [-0.1, -0.05) is 26.0 Å². The molecule has 6 heteroatoms. The molecule has 138 valence electrons. The number of benzene rings is 1. The summed E-state index contributed by atoms with van der Waals surface area (Å²) in [6.45, 7) is 8.79. The van der Waals surface area contributed by atoms with Crippen LogP contribution in [0.4, 0.5) is 0 Å². The Morgan fingerprint density at radius 2 is 1.96 bits per heavy atom. The highest BCUT2D eigenvalue weighted by Gasteiger charge is 2.33. The number of hydrogen-bond acceptors (Lipinski definition) is 4.